The van der Waals surface area contributed by atoms with Crippen molar-refractivity contribution in [1.29, 1.82) is 0 Å². The Hall–Kier alpha value is -1.67. The van der Waals surface area contributed by atoms with Gasteiger partial charge >= 0.3 is 0 Å². The summed E-state index contributed by atoms with van der Waals surface area (Å²) in [5.41, 5.74) is 3.73. The molecule has 0 saturated carbocycles. The molecule has 0 saturated heterocycles. The van der Waals surface area contributed by atoms with Gasteiger partial charge in [-0.05, 0) is 49.1 Å². The van der Waals surface area contributed by atoms with E-state index < -0.39 is 0 Å². The summed E-state index contributed by atoms with van der Waals surface area (Å²) in [6.45, 7) is 6.42. The monoisotopic (exact) mass is 271 g/mol. The summed E-state index contributed by atoms with van der Waals surface area (Å²) in [7, 11) is 0. The Labute approximate surface area is 120 Å². The van der Waals surface area contributed by atoms with Gasteiger partial charge in [0.25, 0.3) is 0 Å². The fourth-order valence-electron chi connectivity index (χ4n) is 2.36. The maximum atomic E-state index is 12.9. The van der Waals surface area contributed by atoms with Crippen molar-refractivity contribution < 1.29 is 4.39 Å². The fourth-order valence-corrected chi connectivity index (χ4v) is 2.36. The normalized spacial score (nSPS) is 14.0. The van der Waals surface area contributed by atoms with Gasteiger partial charge in [-0.2, -0.15) is 0 Å². The molecule has 2 heteroatoms. The van der Waals surface area contributed by atoms with Gasteiger partial charge in [-0.1, -0.05) is 43.3 Å². The lowest BCUT2D eigenvalue weighted by atomic mass is 10.0. The van der Waals surface area contributed by atoms with Gasteiger partial charge in [-0.25, -0.2) is 4.39 Å². The predicted molar refractivity (Wildman–Crippen MR) is 82.2 cm³/mol. The number of aryl methyl sites for hydroxylation is 1. The largest absolute Gasteiger partial charge is 0.304 e. The third kappa shape index (κ3) is 3.67. The molecule has 2 rings (SSSR count). The van der Waals surface area contributed by atoms with E-state index in [1.807, 2.05) is 12.1 Å². The van der Waals surface area contributed by atoms with Crippen LogP contribution in [0, 0.1) is 5.82 Å². The van der Waals surface area contributed by atoms with Crippen molar-refractivity contribution in [3.05, 3.63) is 71.0 Å². The number of benzene rings is 2. The zero-order chi connectivity index (χ0) is 14.5. The first-order valence-electron chi connectivity index (χ1n) is 7.20. The lowest BCUT2D eigenvalue weighted by Crippen LogP contribution is -2.22. The van der Waals surface area contributed by atoms with Crippen LogP contribution >= 0.6 is 0 Å². The molecule has 0 heterocycles. The average molecular weight is 271 g/mol. The molecule has 0 aromatic heterocycles. The molecule has 0 aliphatic carbocycles. The van der Waals surface area contributed by atoms with E-state index in [0.717, 1.165) is 12.0 Å². The molecule has 0 radical (unpaired) electrons. The van der Waals surface area contributed by atoms with Gasteiger partial charge in [0.15, 0.2) is 0 Å². The Bertz CT molecular complexity index is 530. The lowest BCUT2D eigenvalue weighted by Gasteiger charge is -2.21. The van der Waals surface area contributed by atoms with Crippen LogP contribution in [-0.4, -0.2) is 0 Å². The first kappa shape index (κ1) is 14.7. The molecular formula is C18H22FN. The molecule has 0 aliphatic heterocycles. The average Bonchev–Trinajstić information content (AvgIpc) is 2.48. The number of hydrogen-bond acceptors (Lipinski definition) is 1. The van der Waals surface area contributed by atoms with Crippen LogP contribution in [0.2, 0.25) is 0 Å². The van der Waals surface area contributed by atoms with Crippen molar-refractivity contribution >= 4 is 0 Å². The molecule has 0 aliphatic rings. The van der Waals surface area contributed by atoms with Crippen molar-refractivity contribution in [2.75, 3.05) is 0 Å². The first-order chi connectivity index (χ1) is 9.60. The van der Waals surface area contributed by atoms with E-state index in [4.69, 9.17) is 0 Å². The maximum Gasteiger partial charge on any atom is 0.123 e. The van der Waals surface area contributed by atoms with Crippen molar-refractivity contribution in [1.82, 2.24) is 5.32 Å². The van der Waals surface area contributed by atoms with E-state index in [2.05, 4.69) is 50.4 Å². The second kappa shape index (κ2) is 6.67. The Kier molecular flexibility index (Phi) is 4.91. The zero-order valence-electron chi connectivity index (χ0n) is 12.4. The zero-order valence-corrected chi connectivity index (χ0v) is 12.4. The summed E-state index contributed by atoms with van der Waals surface area (Å²) in [6.07, 6.45) is 1.06. The van der Waals surface area contributed by atoms with Gasteiger partial charge in [0.1, 0.15) is 5.82 Å². The van der Waals surface area contributed by atoms with Crippen LogP contribution in [0.25, 0.3) is 0 Å². The number of halogens is 1. The summed E-state index contributed by atoms with van der Waals surface area (Å²) in [4.78, 5) is 0. The summed E-state index contributed by atoms with van der Waals surface area (Å²) in [5.74, 6) is -0.191. The Balaban J connectivity index is 2.02. The highest BCUT2D eigenvalue weighted by Gasteiger charge is 2.11. The van der Waals surface area contributed by atoms with Crippen LogP contribution < -0.4 is 5.32 Å². The molecule has 0 spiro atoms. The van der Waals surface area contributed by atoms with Crippen molar-refractivity contribution in [2.45, 2.75) is 39.3 Å². The van der Waals surface area contributed by atoms with E-state index in [0.29, 0.717) is 0 Å². The SMILES string of the molecule is CCc1ccc(C(C)NC(C)c2ccc(F)cc2)cc1. The lowest BCUT2D eigenvalue weighted by molar-refractivity contribution is 0.494. The number of rotatable bonds is 5. The van der Waals surface area contributed by atoms with Crippen LogP contribution in [0.4, 0.5) is 4.39 Å². The molecule has 20 heavy (non-hydrogen) atoms. The van der Waals surface area contributed by atoms with Crippen LogP contribution in [0.15, 0.2) is 48.5 Å². The molecule has 1 N–H and O–H groups in total. The summed E-state index contributed by atoms with van der Waals surface area (Å²) >= 11 is 0. The Morgan fingerprint density at radius 1 is 0.850 bits per heavy atom. The van der Waals surface area contributed by atoms with Crippen molar-refractivity contribution in [2.24, 2.45) is 0 Å². The van der Waals surface area contributed by atoms with E-state index in [-0.39, 0.29) is 17.9 Å². The predicted octanol–water partition coefficient (Wildman–Crippen LogP) is 4.80. The van der Waals surface area contributed by atoms with Crippen LogP contribution in [0.5, 0.6) is 0 Å². The molecule has 0 fully saturated rings. The molecule has 0 bridgehead atoms. The number of nitrogens with one attached hydrogen (secondary N) is 1. The molecule has 106 valence electrons. The highest BCUT2D eigenvalue weighted by atomic mass is 19.1. The van der Waals surface area contributed by atoms with Crippen LogP contribution in [0.3, 0.4) is 0 Å². The fraction of sp³-hybridized carbons (Fsp3) is 0.333. The van der Waals surface area contributed by atoms with Crippen LogP contribution in [0.1, 0.15) is 49.5 Å². The summed E-state index contributed by atoms with van der Waals surface area (Å²) in [5, 5.41) is 3.55. The Morgan fingerprint density at radius 3 is 1.75 bits per heavy atom. The second-order valence-electron chi connectivity index (χ2n) is 5.26. The number of hydrogen-bond donors (Lipinski definition) is 1. The van der Waals surface area contributed by atoms with Crippen molar-refractivity contribution in [3.63, 3.8) is 0 Å². The quantitative estimate of drug-likeness (QED) is 0.823. The molecule has 1 nitrogen and oxygen atoms in total. The molecular weight excluding hydrogens is 249 g/mol. The van der Waals surface area contributed by atoms with E-state index >= 15 is 0 Å². The maximum absolute atomic E-state index is 12.9. The Morgan fingerprint density at radius 2 is 1.30 bits per heavy atom. The van der Waals surface area contributed by atoms with E-state index in [1.165, 1.54) is 23.3 Å². The smallest absolute Gasteiger partial charge is 0.123 e. The molecule has 2 aromatic carbocycles. The van der Waals surface area contributed by atoms with Crippen LogP contribution in [-0.2, 0) is 6.42 Å². The molecule has 2 unspecified atom stereocenters. The molecule has 2 atom stereocenters. The van der Waals surface area contributed by atoms with E-state index in [9.17, 15) is 4.39 Å². The molecule has 2 aromatic rings. The highest BCUT2D eigenvalue weighted by Crippen LogP contribution is 2.20. The summed E-state index contributed by atoms with van der Waals surface area (Å²) < 4.78 is 12.9. The minimum Gasteiger partial charge on any atom is -0.304 e. The topological polar surface area (TPSA) is 12.0 Å². The minimum atomic E-state index is -0.191. The highest BCUT2D eigenvalue weighted by molar-refractivity contribution is 5.25. The van der Waals surface area contributed by atoms with E-state index in [1.54, 1.807) is 0 Å². The molecule has 0 amide bonds. The first-order valence-corrected chi connectivity index (χ1v) is 7.20. The van der Waals surface area contributed by atoms with Gasteiger partial charge in [-0.15, -0.1) is 0 Å². The second-order valence-corrected chi connectivity index (χ2v) is 5.26. The van der Waals surface area contributed by atoms with Gasteiger partial charge in [0, 0.05) is 12.1 Å². The van der Waals surface area contributed by atoms with Gasteiger partial charge in [-0.3, -0.25) is 0 Å². The van der Waals surface area contributed by atoms with Crippen molar-refractivity contribution in [3.8, 4) is 0 Å². The third-order valence-corrected chi connectivity index (χ3v) is 3.76. The third-order valence-electron chi connectivity index (χ3n) is 3.76. The van der Waals surface area contributed by atoms with Gasteiger partial charge < -0.3 is 5.32 Å². The van der Waals surface area contributed by atoms with Gasteiger partial charge in [0.05, 0.1) is 0 Å². The summed E-state index contributed by atoms with van der Waals surface area (Å²) in [6, 6.07) is 15.8. The standard InChI is InChI=1S/C18H22FN/c1-4-15-5-7-16(8-6-15)13(2)20-14(3)17-9-11-18(19)12-10-17/h5-14,20H,4H2,1-3H3. The van der Waals surface area contributed by atoms with Gasteiger partial charge in [0.2, 0.25) is 0 Å². The minimum absolute atomic E-state index is 0.191.